The summed E-state index contributed by atoms with van der Waals surface area (Å²) in [5.74, 6) is -1.19. The Morgan fingerprint density at radius 1 is 1.19 bits per heavy atom. The van der Waals surface area contributed by atoms with E-state index in [0.717, 1.165) is 18.1 Å². The number of benzene rings is 2. The summed E-state index contributed by atoms with van der Waals surface area (Å²) >= 11 is 0. The van der Waals surface area contributed by atoms with Crippen molar-refractivity contribution < 1.29 is 9.18 Å². The van der Waals surface area contributed by atoms with Crippen molar-refractivity contribution in [2.24, 2.45) is 5.73 Å². The Morgan fingerprint density at radius 3 is 2.38 bits per heavy atom. The molecule has 0 saturated heterocycles. The zero-order valence-corrected chi connectivity index (χ0v) is 11.8. The maximum atomic E-state index is 13.8. The van der Waals surface area contributed by atoms with Crippen LogP contribution in [0.15, 0.2) is 36.4 Å². The van der Waals surface area contributed by atoms with E-state index in [0.29, 0.717) is 6.54 Å². The summed E-state index contributed by atoms with van der Waals surface area (Å²) in [6.07, 6.45) is 0.974. The summed E-state index contributed by atoms with van der Waals surface area (Å²) in [4.78, 5) is 11.2. The molecule has 2 aromatic rings. The number of carbonyl (C=O) groups is 1. The molecule has 0 aromatic heterocycles. The van der Waals surface area contributed by atoms with Gasteiger partial charge in [0, 0.05) is 12.2 Å². The number of aryl methyl sites for hydroxylation is 1. The molecule has 0 saturated carbocycles. The minimum atomic E-state index is -0.678. The monoisotopic (exact) mass is 287 g/mol. The van der Waals surface area contributed by atoms with Crippen LogP contribution in [0.25, 0.3) is 0 Å². The fourth-order valence-corrected chi connectivity index (χ4v) is 2.03. The topological polar surface area (TPSA) is 81.1 Å². The molecule has 2 aromatic carbocycles. The fourth-order valence-electron chi connectivity index (χ4n) is 2.03. The molecule has 0 aliphatic rings. The zero-order chi connectivity index (χ0) is 15.4. The van der Waals surface area contributed by atoms with Crippen molar-refractivity contribution in [3.05, 3.63) is 58.9 Å². The first-order chi connectivity index (χ1) is 10.0. The van der Waals surface area contributed by atoms with E-state index in [9.17, 15) is 9.18 Å². The van der Waals surface area contributed by atoms with Crippen molar-refractivity contribution in [3.63, 3.8) is 0 Å². The lowest BCUT2D eigenvalue weighted by Crippen LogP contribution is -2.15. The number of anilines is 2. The van der Waals surface area contributed by atoms with Crippen molar-refractivity contribution in [2.75, 3.05) is 11.1 Å². The Balaban J connectivity index is 2.15. The van der Waals surface area contributed by atoms with Gasteiger partial charge in [0.25, 0.3) is 5.91 Å². The van der Waals surface area contributed by atoms with Gasteiger partial charge in [-0.1, -0.05) is 31.2 Å². The first-order valence-electron chi connectivity index (χ1n) is 6.71. The molecule has 2 rings (SSSR count). The van der Waals surface area contributed by atoms with E-state index < -0.39 is 11.7 Å². The van der Waals surface area contributed by atoms with E-state index in [-0.39, 0.29) is 16.9 Å². The second-order valence-corrected chi connectivity index (χ2v) is 4.81. The van der Waals surface area contributed by atoms with Crippen LogP contribution in [0.5, 0.6) is 0 Å². The van der Waals surface area contributed by atoms with Crippen LogP contribution in [0.4, 0.5) is 15.8 Å². The summed E-state index contributed by atoms with van der Waals surface area (Å²) in [6.45, 7) is 2.53. The molecule has 110 valence electrons. The highest BCUT2D eigenvalue weighted by molar-refractivity contribution is 5.99. The molecule has 0 radical (unpaired) electrons. The third-order valence-electron chi connectivity index (χ3n) is 3.32. The number of nitrogens with one attached hydrogen (secondary N) is 1. The average molecular weight is 287 g/mol. The quantitative estimate of drug-likeness (QED) is 0.739. The largest absolute Gasteiger partial charge is 0.398 e. The summed E-state index contributed by atoms with van der Waals surface area (Å²) in [5, 5.41) is 2.95. The van der Waals surface area contributed by atoms with E-state index in [1.807, 2.05) is 24.3 Å². The molecule has 21 heavy (non-hydrogen) atoms. The van der Waals surface area contributed by atoms with Crippen molar-refractivity contribution in [2.45, 2.75) is 19.9 Å². The molecule has 0 spiro atoms. The highest BCUT2D eigenvalue weighted by Gasteiger charge is 2.11. The van der Waals surface area contributed by atoms with Crippen LogP contribution in [0.1, 0.15) is 28.4 Å². The Hall–Kier alpha value is -2.56. The minimum Gasteiger partial charge on any atom is -0.398 e. The maximum Gasteiger partial charge on any atom is 0.250 e. The number of rotatable bonds is 5. The van der Waals surface area contributed by atoms with Gasteiger partial charge in [-0.3, -0.25) is 4.79 Å². The molecule has 0 aliphatic heterocycles. The van der Waals surface area contributed by atoms with Crippen molar-refractivity contribution >= 4 is 17.3 Å². The number of hydrogen-bond acceptors (Lipinski definition) is 3. The van der Waals surface area contributed by atoms with Gasteiger partial charge >= 0.3 is 0 Å². The number of halogens is 1. The Kier molecular flexibility index (Phi) is 4.42. The van der Waals surface area contributed by atoms with E-state index in [4.69, 9.17) is 11.5 Å². The number of primary amides is 1. The van der Waals surface area contributed by atoms with Gasteiger partial charge in [0.15, 0.2) is 0 Å². The number of carbonyl (C=O) groups excluding carboxylic acids is 1. The van der Waals surface area contributed by atoms with Crippen molar-refractivity contribution in [3.8, 4) is 0 Å². The molecule has 0 atom stereocenters. The van der Waals surface area contributed by atoms with Gasteiger partial charge in [-0.15, -0.1) is 0 Å². The first-order valence-corrected chi connectivity index (χ1v) is 6.71. The Labute approximate surface area is 123 Å². The molecule has 4 nitrogen and oxygen atoms in total. The third-order valence-corrected chi connectivity index (χ3v) is 3.32. The molecule has 0 heterocycles. The molecule has 0 fully saturated rings. The third kappa shape index (κ3) is 3.51. The Morgan fingerprint density at radius 2 is 1.81 bits per heavy atom. The molecule has 0 unspecified atom stereocenters. The van der Waals surface area contributed by atoms with Gasteiger partial charge in [-0.2, -0.15) is 0 Å². The number of amides is 1. The van der Waals surface area contributed by atoms with E-state index in [1.165, 1.54) is 11.6 Å². The van der Waals surface area contributed by atoms with Crippen molar-refractivity contribution in [1.82, 2.24) is 0 Å². The SMILES string of the molecule is CCc1ccc(CNc2cc(C(N)=O)c(N)cc2F)cc1. The fraction of sp³-hybridized carbons (Fsp3) is 0.188. The normalized spacial score (nSPS) is 10.4. The van der Waals surface area contributed by atoms with Gasteiger partial charge in [-0.25, -0.2) is 4.39 Å². The molecule has 0 aliphatic carbocycles. The summed E-state index contributed by atoms with van der Waals surface area (Å²) in [7, 11) is 0. The Bertz CT molecular complexity index is 653. The molecular weight excluding hydrogens is 269 g/mol. The van der Waals surface area contributed by atoms with Gasteiger partial charge in [0.2, 0.25) is 0 Å². The van der Waals surface area contributed by atoms with Crippen LogP contribution in [-0.4, -0.2) is 5.91 Å². The standard InChI is InChI=1S/C16H18FN3O/c1-2-10-3-5-11(6-4-10)9-20-15-7-12(16(19)21)14(18)8-13(15)17/h3-8,20H,2,9,18H2,1H3,(H2,19,21). The smallest absolute Gasteiger partial charge is 0.250 e. The maximum absolute atomic E-state index is 13.8. The predicted octanol–water partition coefficient (Wildman–Crippen LogP) is 2.68. The van der Waals surface area contributed by atoms with E-state index in [1.54, 1.807) is 0 Å². The number of hydrogen-bond donors (Lipinski definition) is 3. The summed E-state index contributed by atoms with van der Waals surface area (Å²) in [5.41, 5.74) is 13.4. The lowest BCUT2D eigenvalue weighted by molar-refractivity contribution is 0.100. The lowest BCUT2D eigenvalue weighted by atomic mass is 10.1. The van der Waals surface area contributed by atoms with Gasteiger partial charge in [0.05, 0.1) is 11.3 Å². The second-order valence-electron chi connectivity index (χ2n) is 4.81. The van der Waals surface area contributed by atoms with Crippen LogP contribution in [0, 0.1) is 5.82 Å². The van der Waals surface area contributed by atoms with Gasteiger partial charge < -0.3 is 16.8 Å². The minimum absolute atomic E-state index is 0.0397. The van der Waals surface area contributed by atoms with Crippen LogP contribution < -0.4 is 16.8 Å². The van der Waals surface area contributed by atoms with E-state index in [2.05, 4.69) is 12.2 Å². The van der Waals surface area contributed by atoms with Crippen molar-refractivity contribution in [1.29, 1.82) is 0 Å². The van der Waals surface area contributed by atoms with Crippen LogP contribution in [0.2, 0.25) is 0 Å². The number of nitrogen functional groups attached to an aromatic ring is 1. The summed E-state index contributed by atoms with van der Waals surface area (Å²) in [6, 6.07) is 10.5. The van der Waals surface area contributed by atoms with Gasteiger partial charge in [0.1, 0.15) is 5.82 Å². The molecule has 0 bridgehead atoms. The lowest BCUT2D eigenvalue weighted by Gasteiger charge is -2.11. The second kappa shape index (κ2) is 6.26. The number of nitrogens with two attached hydrogens (primary N) is 2. The van der Waals surface area contributed by atoms with Gasteiger partial charge in [-0.05, 0) is 29.7 Å². The molecule has 5 heteroatoms. The predicted molar refractivity (Wildman–Crippen MR) is 82.5 cm³/mol. The average Bonchev–Trinajstić information content (AvgIpc) is 2.46. The van der Waals surface area contributed by atoms with Crippen LogP contribution in [0.3, 0.4) is 0 Å². The van der Waals surface area contributed by atoms with Crippen LogP contribution >= 0.6 is 0 Å². The highest BCUT2D eigenvalue weighted by Crippen LogP contribution is 2.22. The van der Waals surface area contributed by atoms with Crippen LogP contribution in [-0.2, 0) is 13.0 Å². The first kappa shape index (κ1) is 14.8. The molecule has 1 amide bonds. The highest BCUT2D eigenvalue weighted by atomic mass is 19.1. The molecular formula is C16H18FN3O. The van der Waals surface area contributed by atoms with E-state index >= 15 is 0 Å². The summed E-state index contributed by atoms with van der Waals surface area (Å²) < 4.78 is 13.8. The zero-order valence-electron chi connectivity index (χ0n) is 11.8. The molecule has 5 N–H and O–H groups in total.